The molecule has 2 aromatic carbocycles. The third-order valence-corrected chi connectivity index (χ3v) is 5.48. The summed E-state index contributed by atoms with van der Waals surface area (Å²) in [6, 6.07) is 16.2. The molecule has 6 nitrogen and oxygen atoms in total. The molecule has 1 aliphatic heterocycles. The highest BCUT2D eigenvalue weighted by Gasteiger charge is 2.51. The number of hydrogen-bond acceptors (Lipinski definition) is 4. The number of carboxylic acids is 1. The molecule has 2 aromatic rings. The number of rotatable bonds is 4. The number of ether oxygens (including phenoxy) is 1. The largest absolute Gasteiger partial charge is 0.479 e. The summed E-state index contributed by atoms with van der Waals surface area (Å²) >= 11 is 0. The molecule has 0 radical (unpaired) electrons. The second kappa shape index (κ2) is 6.14. The number of benzene rings is 2. The quantitative estimate of drug-likeness (QED) is 0.883. The number of nitrogens with zero attached hydrogens (tertiary/aromatic N) is 1. The molecule has 0 saturated carbocycles. The van der Waals surface area contributed by atoms with E-state index in [1.165, 1.54) is 11.9 Å². The van der Waals surface area contributed by atoms with Gasteiger partial charge in [0.25, 0.3) is 0 Å². The summed E-state index contributed by atoms with van der Waals surface area (Å²) in [6.07, 6.45) is -0.615. The van der Waals surface area contributed by atoms with Gasteiger partial charge in [0.2, 0.25) is 0 Å². The molecule has 0 atom stereocenters. The van der Waals surface area contributed by atoms with Crippen molar-refractivity contribution in [3.63, 3.8) is 0 Å². The average molecular weight is 352 g/mol. The molecule has 0 aromatic heterocycles. The summed E-state index contributed by atoms with van der Waals surface area (Å²) in [6.45, 7) is 0.631. The maximum absolute atomic E-state index is 12.5. The van der Waals surface area contributed by atoms with E-state index in [9.17, 15) is 14.7 Å². The number of fused-ring (bicyclic) bond motifs is 3. The van der Waals surface area contributed by atoms with Crippen LogP contribution in [-0.4, -0.2) is 54.4 Å². The summed E-state index contributed by atoms with van der Waals surface area (Å²) < 4.78 is 5.53. The van der Waals surface area contributed by atoms with E-state index in [1.807, 2.05) is 36.4 Å². The summed E-state index contributed by atoms with van der Waals surface area (Å²) in [4.78, 5) is 25.2. The van der Waals surface area contributed by atoms with Crippen LogP contribution in [-0.2, 0) is 9.53 Å². The molecule has 26 heavy (non-hydrogen) atoms. The van der Waals surface area contributed by atoms with Gasteiger partial charge in [0.05, 0.1) is 0 Å². The van der Waals surface area contributed by atoms with E-state index < -0.39 is 17.6 Å². The number of aliphatic carboxylic acids is 1. The molecule has 0 bridgehead atoms. The Balaban J connectivity index is 1.53. The Bertz CT molecular complexity index is 830. The normalized spacial score (nSPS) is 17.0. The summed E-state index contributed by atoms with van der Waals surface area (Å²) in [5.74, 6) is -1.06. The number of nitrogens with one attached hydrogen (secondary N) is 1. The fourth-order valence-electron chi connectivity index (χ4n) is 3.76. The first kappa shape index (κ1) is 16.6. The van der Waals surface area contributed by atoms with Gasteiger partial charge in [0.15, 0.2) is 5.54 Å². The van der Waals surface area contributed by atoms with E-state index >= 15 is 0 Å². The van der Waals surface area contributed by atoms with Crippen LogP contribution in [0.1, 0.15) is 17.0 Å². The Kier molecular flexibility index (Phi) is 3.92. The SMILES string of the molecule is CN(C(=O)OCC1c2ccccc2-c2ccccc21)C1(C(=O)O)CNC1. The smallest absolute Gasteiger partial charge is 0.410 e. The molecule has 1 amide bonds. The fraction of sp³-hybridized carbons (Fsp3) is 0.300. The van der Waals surface area contributed by atoms with Crippen LogP contribution in [0, 0.1) is 0 Å². The van der Waals surface area contributed by atoms with Gasteiger partial charge in [-0.15, -0.1) is 0 Å². The predicted octanol–water partition coefficient (Wildman–Crippen LogP) is 2.29. The van der Waals surface area contributed by atoms with Gasteiger partial charge in [-0.1, -0.05) is 48.5 Å². The highest BCUT2D eigenvalue weighted by Crippen LogP contribution is 2.44. The summed E-state index contributed by atoms with van der Waals surface area (Å²) in [5, 5.41) is 12.4. The molecule has 6 heteroatoms. The Labute approximate surface area is 151 Å². The predicted molar refractivity (Wildman–Crippen MR) is 96.1 cm³/mol. The highest BCUT2D eigenvalue weighted by atomic mass is 16.6. The first-order chi connectivity index (χ1) is 12.5. The molecule has 1 heterocycles. The van der Waals surface area contributed by atoms with Crippen LogP contribution in [0.5, 0.6) is 0 Å². The first-order valence-corrected chi connectivity index (χ1v) is 8.57. The van der Waals surface area contributed by atoms with Crippen LogP contribution >= 0.6 is 0 Å². The van der Waals surface area contributed by atoms with E-state index in [0.717, 1.165) is 22.3 Å². The highest BCUT2D eigenvalue weighted by molar-refractivity contribution is 5.86. The molecular formula is C20H20N2O4. The van der Waals surface area contributed by atoms with Crippen molar-refractivity contribution in [2.75, 3.05) is 26.7 Å². The van der Waals surface area contributed by atoms with Crippen LogP contribution in [0.25, 0.3) is 11.1 Å². The molecule has 1 saturated heterocycles. The second-order valence-corrected chi connectivity index (χ2v) is 6.80. The maximum Gasteiger partial charge on any atom is 0.410 e. The molecule has 2 aliphatic rings. The van der Waals surface area contributed by atoms with Gasteiger partial charge >= 0.3 is 12.1 Å². The average Bonchev–Trinajstić information content (AvgIpc) is 2.92. The van der Waals surface area contributed by atoms with E-state index in [4.69, 9.17) is 4.74 Å². The van der Waals surface area contributed by atoms with Crippen molar-refractivity contribution in [2.45, 2.75) is 11.5 Å². The third-order valence-electron chi connectivity index (χ3n) is 5.48. The lowest BCUT2D eigenvalue weighted by atomic mass is 9.91. The lowest BCUT2D eigenvalue weighted by Gasteiger charge is -2.44. The number of hydrogen-bond donors (Lipinski definition) is 2. The van der Waals surface area contributed by atoms with Crippen LogP contribution in [0.15, 0.2) is 48.5 Å². The Hall–Kier alpha value is -2.86. The van der Waals surface area contributed by atoms with Crippen molar-refractivity contribution < 1.29 is 19.4 Å². The van der Waals surface area contributed by atoms with Crippen molar-refractivity contribution >= 4 is 12.1 Å². The van der Waals surface area contributed by atoms with Crippen LogP contribution in [0.2, 0.25) is 0 Å². The van der Waals surface area contributed by atoms with E-state index in [0.29, 0.717) is 0 Å². The maximum atomic E-state index is 12.5. The molecule has 4 rings (SSSR count). The molecule has 1 fully saturated rings. The molecule has 0 spiro atoms. The van der Waals surface area contributed by atoms with Gasteiger partial charge in [-0.05, 0) is 22.3 Å². The molecular weight excluding hydrogens is 332 g/mol. The third kappa shape index (κ3) is 2.37. The number of likely N-dealkylation sites (N-methyl/N-ethyl adjacent to an activating group) is 1. The van der Waals surface area contributed by atoms with Gasteiger partial charge < -0.3 is 15.2 Å². The molecule has 1 aliphatic carbocycles. The standard InChI is InChI=1S/C20H20N2O4/c1-22(20(18(23)24)11-21-12-20)19(25)26-10-17-15-8-4-2-6-13(15)14-7-3-5-9-16(14)17/h2-9,17,21H,10-12H2,1H3,(H,23,24). The van der Waals surface area contributed by atoms with Crippen molar-refractivity contribution in [1.82, 2.24) is 10.2 Å². The molecule has 2 N–H and O–H groups in total. The number of amides is 1. The summed E-state index contributed by atoms with van der Waals surface area (Å²) in [7, 11) is 1.48. The van der Waals surface area contributed by atoms with Gasteiger partial charge in [0, 0.05) is 26.1 Å². The van der Waals surface area contributed by atoms with Crippen molar-refractivity contribution in [1.29, 1.82) is 0 Å². The minimum atomic E-state index is -1.22. The minimum absolute atomic E-state index is 0.0416. The van der Waals surface area contributed by atoms with Crippen molar-refractivity contribution in [3.05, 3.63) is 59.7 Å². The van der Waals surface area contributed by atoms with Gasteiger partial charge in [-0.25, -0.2) is 9.59 Å². The number of carbonyl (C=O) groups excluding carboxylic acids is 1. The Morgan fingerprint density at radius 3 is 2.12 bits per heavy atom. The zero-order valence-electron chi connectivity index (χ0n) is 14.4. The lowest BCUT2D eigenvalue weighted by molar-refractivity contribution is -0.153. The van der Waals surface area contributed by atoms with Gasteiger partial charge in [-0.3, -0.25) is 4.90 Å². The Morgan fingerprint density at radius 1 is 1.12 bits per heavy atom. The molecule has 0 unspecified atom stereocenters. The zero-order chi connectivity index (χ0) is 18.3. The fourth-order valence-corrected chi connectivity index (χ4v) is 3.76. The van der Waals surface area contributed by atoms with Crippen LogP contribution in [0.3, 0.4) is 0 Å². The number of carboxylic acid groups (broad SMARTS) is 1. The van der Waals surface area contributed by atoms with Crippen LogP contribution in [0.4, 0.5) is 4.79 Å². The minimum Gasteiger partial charge on any atom is -0.479 e. The number of carbonyl (C=O) groups is 2. The second-order valence-electron chi connectivity index (χ2n) is 6.80. The van der Waals surface area contributed by atoms with E-state index in [1.54, 1.807) is 0 Å². The van der Waals surface area contributed by atoms with E-state index in [2.05, 4.69) is 17.4 Å². The van der Waals surface area contributed by atoms with Gasteiger partial charge in [0.1, 0.15) is 6.61 Å². The summed E-state index contributed by atoms with van der Waals surface area (Å²) in [5.41, 5.74) is 3.35. The lowest BCUT2D eigenvalue weighted by Crippen LogP contribution is -2.73. The Morgan fingerprint density at radius 2 is 1.65 bits per heavy atom. The topological polar surface area (TPSA) is 78.9 Å². The van der Waals surface area contributed by atoms with Crippen molar-refractivity contribution in [2.24, 2.45) is 0 Å². The first-order valence-electron chi connectivity index (χ1n) is 8.57. The monoisotopic (exact) mass is 352 g/mol. The van der Waals surface area contributed by atoms with Crippen LogP contribution < -0.4 is 5.32 Å². The van der Waals surface area contributed by atoms with Gasteiger partial charge in [-0.2, -0.15) is 0 Å². The molecule has 134 valence electrons. The zero-order valence-corrected chi connectivity index (χ0v) is 14.4. The van der Waals surface area contributed by atoms with Crippen molar-refractivity contribution in [3.8, 4) is 11.1 Å². The van der Waals surface area contributed by atoms with E-state index in [-0.39, 0.29) is 25.6 Å².